The number of carbonyl (C=O) groups is 1. The molecule has 0 aromatic carbocycles. The van der Waals surface area contributed by atoms with E-state index in [4.69, 9.17) is 10.5 Å². The molecule has 0 spiro atoms. The van der Waals surface area contributed by atoms with Gasteiger partial charge >= 0.3 is 5.97 Å². The molecule has 4 nitrogen and oxygen atoms in total. The van der Waals surface area contributed by atoms with Crippen LogP contribution in [0.25, 0.3) is 0 Å². The number of nitrogens with zero attached hydrogens (tertiary/aromatic N) is 1. The van der Waals surface area contributed by atoms with Crippen LogP contribution in [0.2, 0.25) is 0 Å². The third-order valence-electron chi connectivity index (χ3n) is 2.78. The summed E-state index contributed by atoms with van der Waals surface area (Å²) in [6.07, 6.45) is 2.24. The number of carbonyl (C=O) groups excluding carboxylic acids is 1. The molecule has 0 amide bonds. The van der Waals surface area contributed by atoms with Gasteiger partial charge in [0.05, 0.1) is 6.61 Å². The highest BCUT2D eigenvalue weighted by Crippen LogP contribution is 2.10. The fourth-order valence-electron chi connectivity index (χ4n) is 1.67. The molecule has 0 saturated carbocycles. The minimum absolute atomic E-state index is 0.328. The van der Waals surface area contributed by atoms with E-state index in [1.54, 1.807) is 13.8 Å². The first-order valence-corrected chi connectivity index (χ1v) is 6.01. The molecule has 2 atom stereocenters. The van der Waals surface area contributed by atoms with E-state index in [-0.39, 0.29) is 5.97 Å². The number of hydrogen-bond acceptors (Lipinski definition) is 4. The van der Waals surface area contributed by atoms with Crippen LogP contribution in [0.3, 0.4) is 0 Å². The Labute approximate surface area is 99.1 Å². The summed E-state index contributed by atoms with van der Waals surface area (Å²) in [7, 11) is 1.99. The van der Waals surface area contributed by atoms with Gasteiger partial charge < -0.3 is 15.4 Å². The lowest BCUT2D eigenvalue weighted by Gasteiger charge is -2.31. The van der Waals surface area contributed by atoms with Crippen molar-refractivity contribution in [3.63, 3.8) is 0 Å². The zero-order valence-corrected chi connectivity index (χ0v) is 11.2. The number of ether oxygens (including phenoxy) is 1. The smallest absolute Gasteiger partial charge is 0.327 e. The Hall–Kier alpha value is -0.610. The summed E-state index contributed by atoms with van der Waals surface area (Å²) in [5.74, 6) is -0.328. The van der Waals surface area contributed by atoms with Crippen LogP contribution in [-0.4, -0.2) is 42.6 Å². The van der Waals surface area contributed by atoms with Crippen molar-refractivity contribution in [3.8, 4) is 0 Å². The van der Waals surface area contributed by atoms with Gasteiger partial charge in [0.25, 0.3) is 0 Å². The van der Waals surface area contributed by atoms with Crippen LogP contribution in [0.1, 0.15) is 40.5 Å². The summed E-state index contributed by atoms with van der Waals surface area (Å²) >= 11 is 0. The van der Waals surface area contributed by atoms with Gasteiger partial charge in [-0.15, -0.1) is 0 Å². The Kier molecular flexibility index (Phi) is 6.60. The van der Waals surface area contributed by atoms with Crippen LogP contribution >= 0.6 is 0 Å². The Morgan fingerprint density at radius 3 is 2.50 bits per heavy atom. The molecular weight excluding hydrogens is 204 g/mol. The van der Waals surface area contributed by atoms with Crippen molar-refractivity contribution in [2.45, 2.75) is 52.1 Å². The quantitative estimate of drug-likeness (QED) is 0.671. The molecule has 0 radical (unpaired) electrons. The molecule has 2 N–H and O–H groups in total. The Morgan fingerprint density at radius 2 is 2.06 bits per heavy atom. The molecule has 0 saturated heterocycles. The van der Waals surface area contributed by atoms with E-state index in [0.29, 0.717) is 19.2 Å². The summed E-state index contributed by atoms with van der Waals surface area (Å²) in [6, 6.07) is 0.433. The Balaban J connectivity index is 4.28. The molecule has 96 valence electrons. The molecule has 0 aliphatic carbocycles. The maximum absolute atomic E-state index is 11.6. The number of esters is 1. The van der Waals surface area contributed by atoms with Crippen molar-refractivity contribution in [3.05, 3.63) is 0 Å². The largest absolute Gasteiger partial charge is 0.465 e. The van der Waals surface area contributed by atoms with E-state index in [1.807, 2.05) is 7.05 Å². The highest BCUT2D eigenvalue weighted by Gasteiger charge is 2.32. The highest BCUT2D eigenvalue weighted by molar-refractivity contribution is 5.80. The number of nitrogens with two attached hydrogens (primary N) is 1. The van der Waals surface area contributed by atoms with Gasteiger partial charge in [-0.2, -0.15) is 0 Å². The van der Waals surface area contributed by atoms with Gasteiger partial charge in [-0.1, -0.05) is 13.3 Å². The lowest BCUT2D eigenvalue weighted by molar-refractivity contribution is -0.149. The zero-order valence-electron chi connectivity index (χ0n) is 11.2. The van der Waals surface area contributed by atoms with Crippen molar-refractivity contribution in [1.82, 2.24) is 4.90 Å². The molecule has 4 heteroatoms. The maximum Gasteiger partial charge on any atom is 0.327 e. The normalized spacial score (nSPS) is 16.9. The third-order valence-corrected chi connectivity index (χ3v) is 2.78. The summed E-state index contributed by atoms with van der Waals surface area (Å²) in [4.78, 5) is 13.7. The van der Waals surface area contributed by atoms with E-state index in [9.17, 15) is 4.79 Å². The second-order valence-corrected chi connectivity index (χ2v) is 4.69. The van der Waals surface area contributed by atoms with Crippen molar-refractivity contribution >= 4 is 5.97 Å². The van der Waals surface area contributed by atoms with E-state index in [2.05, 4.69) is 18.7 Å². The molecular formula is C12H26N2O2. The molecule has 0 aromatic rings. The van der Waals surface area contributed by atoms with Crippen LogP contribution in [0.4, 0.5) is 0 Å². The summed E-state index contributed by atoms with van der Waals surface area (Å²) in [5, 5.41) is 0. The molecule has 0 aliphatic rings. The molecule has 0 fully saturated rings. The molecule has 0 bridgehead atoms. The molecule has 0 rings (SSSR count). The van der Waals surface area contributed by atoms with Crippen molar-refractivity contribution in [2.75, 3.05) is 20.2 Å². The zero-order chi connectivity index (χ0) is 12.8. The van der Waals surface area contributed by atoms with Crippen LogP contribution < -0.4 is 5.73 Å². The van der Waals surface area contributed by atoms with Gasteiger partial charge in [0.15, 0.2) is 0 Å². The first-order chi connectivity index (χ1) is 7.35. The predicted octanol–water partition coefficient (Wildman–Crippen LogP) is 1.39. The van der Waals surface area contributed by atoms with Crippen LogP contribution in [0, 0.1) is 0 Å². The fraction of sp³-hybridized carbons (Fsp3) is 0.917. The third kappa shape index (κ3) is 4.94. The SMILES string of the molecule is CCCC(C)N(C)CC(C)(N)C(=O)OCC. The average Bonchev–Trinajstić information content (AvgIpc) is 2.17. The molecule has 2 unspecified atom stereocenters. The molecule has 0 aliphatic heterocycles. The van der Waals surface area contributed by atoms with E-state index >= 15 is 0 Å². The second-order valence-electron chi connectivity index (χ2n) is 4.69. The fourth-order valence-corrected chi connectivity index (χ4v) is 1.67. The monoisotopic (exact) mass is 230 g/mol. The van der Waals surface area contributed by atoms with Crippen molar-refractivity contribution in [2.24, 2.45) is 5.73 Å². The summed E-state index contributed by atoms with van der Waals surface area (Å²) in [5.41, 5.74) is 5.04. The summed E-state index contributed by atoms with van der Waals surface area (Å²) < 4.78 is 4.96. The van der Waals surface area contributed by atoms with Gasteiger partial charge in [0.1, 0.15) is 5.54 Å². The highest BCUT2D eigenvalue weighted by atomic mass is 16.5. The van der Waals surface area contributed by atoms with Gasteiger partial charge in [-0.05, 0) is 34.2 Å². The minimum Gasteiger partial charge on any atom is -0.465 e. The topological polar surface area (TPSA) is 55.6 Å². The van der Waals surface area contributed by atoms with Crippen molar-refractivity contribution < 1.29 is 9.53 Å². The Bertz CT molecular complexity index is 217. The Morgan fingerprint density at radius 1 is 1.50 bits per heavy atom. The predicted molar refractivity (Wildman–Crippen MR) is 66.2 cm³/mol. The first-order valence-electron chi connectivity index (χ1n) is 6.01. The van der Waals surface area contributed by atoms with Gasteiger partial charge in [-0.25, -0.2) is 0 Å². The van der Waals surface area contributed by atoms with Crippen LogP contribution in [0.15, 0.2) is 0 Å². The van der Waals surface area contributed by atoms with Gasteiger partial charge in [0, 0.05) is 12.6 Å². The standard InChI is InChI=1S/C12H26N2O2/c1-6-8-10(3)14(5)9-12(4,13)11(15)16-7-2/h10H,6-9,13H2,1-5H3. The van der Waals surface area contributed by atoms with E-state index in [1.165, 1.54) is 0 Å². The van der Waals surface area contributed by atoms with Crippen LogP contribution in [0.5, 0.6) is 0 Å². The first kappa shape index (κ1) is 15.4. The lowest BCUT2D eigenvalue weighted by Crippen LogP contribution is -2.55. The van der Waals surface area contributed by atoms with Gasteiger partial charge in [-0.3, -0.25) is 4.79 Å². The molecule has 0 aromatic heterocycles. The number of rotatable bonds is 7. The van der Waals surface area contributed by atoms with Crippen LogP contribution in [-0.2, 0) is 9.53 Å². The lowest BCUT2D eigenvalue weighted by atomic mass is 10.0. The average molecular weight is 230 g/mol. The molecule has 16 heavy (non-hydrogen) atoms. The molecule has 0 heterocycles. The second kappa shape index (κ2) is 6.86. The van der Waals surface area contributed by atoms with Crippen molar-refractivity contribution in [1.29, 1.82) is 0 Å². The maximum atomic E-state index is 11.6. The van der Waals surface area contributed by atoms with E-state index < -0.39 is 5.54 Å². The number of hydrogen-bond donors (Lipinski definition) is 1. The van der Waals surface area contributed by atoms with E-state index in [0.717, 1.165) is 12.8 Å². The summed E-state index contributed by atoms with van der Waals surface area (Å²) in [6.45, 7) is 8.70. The minimum atomic E-state index is -0.924. The van der Waals surface area contributed by atoms with Gasteiger partial charge in [0.2, 0.25) is 0 Å². The number of likely N-dealkylation sites (N-methyl/N-ethyl adjacent to an activating group) is 1.